The fourth-order valence-corrected chi connectivity index (χ4v) is 4.69. The van der Waals surface area contributed by atoms with Crippen LogP contribution in [0.25, 0.3) is 21.9 Å². The van der Waals surface area contributed by atoms with Gasteiger partial charge >= 0.3 is 0 Å². The van der Waals surface area contributed by atoms with Gasteiger partial charge in [0.1, 0.15) is 0 Å². The molecule has 2 fully saturated rings. The van der Waals surface area contributed by atoms with E-state index in [1.165, 1.54) is 0 Å². The molecular formula is C25H25ClN2O2. The van der Waals surface area contributed by atoms with Crippen molar-refractivity contribution in [1.29, 1.82) is 0 Å². The Hall–Kier alpha value is -2.40. The summed E-state index contributed by atoms with van der Waals surface area (Å²) in [6.07, 6.45) is 0. The van der Waals surface area contributed by atoms with Crippen molar-refractivity contribution >= 4 is 28.3 Å². The highest BCUT2D eigenvalue weighted by atomic mass is 35.5. The van der Waals surface area contributed by atoms with E-state index in [2.05, 4.69) is 30.0 Å². The second-order valence-electron chi connectivity index (χ2n) is 8.21. The summed E-state index contributed by atoms with van der Waals surface area (Å²) in [6, 6.07) is 18.7. The Labute approximate surface area is 182 Å². The van der Waals surface area contributed by atoms with Crippen LogP contribution in [0.3, 0.4) is 0 Å². The quantitative estimate of drug-likeness (QED) is 0.619. The first-order valence-electron chi connectivity index (χ1n) is 10.5. The molecule has 0 unspecified atom stereocenters. The minimum atomic E-state index is 0.109. The number of nitrogens with zero attached hydrogens (tertiary/aromatic N) is 2. The number of fused-ring (bicyclic) bond motifs is 1. The lowest BCUT2D eigenvalue weighted by molar-refractivity contribution is -0.0746. The van der Waals surface area contributed by atoms with Gasteiger partial charge in [0.2, 0.25) is 0 Å². The molecule has 2 saturated heterocycles. The van der Waals surface area contributed by atoms with Crippen molar-refractivity contribution in [3.8, 4) is 11.1 Å². The first-order chi connectivity index (χ1) is 14.6. The Balaban J connectivity index is 1.47. The van der Waals surface area contributed by atoms with Gasteiger partial charge in [-0.05, 0) is 41.5 Å². The first kappa shape index (κ1) is 19.6. The van der Waals surface area contributed by atoms with Crippen molar-refractivity contribution in [3.05, 3.63) is 70.7 Å². The lowest BCUT2D eigenvalue weighted by Gasteiger charge is -2.42. The SMILES string of the molecule is Cc1ccc(Cl)c(-c2cccc3c(C(=O)N4CCN(C5COC5)CC4)cccc23)c1. The van der Waals surface area contributed by atoms with Crippen molar-refractivity contribution in [2.24, 2.45) is 0 Å². The number of piperazine rings is 1. The van der Waals surface area contributed by atoms with Crippen molar-refractivity contribution in [2.75, 3.05) is 39.4 Å². The van der Waals surface area contributed by atoms with Gasteiger partial charge in [-0.25, -0.2) is 0 Å². The number of carbonyl (C=O) groups is 1. The fourth-order valence-electron chi connectivity index (χ4n) is 4.47. The second-order valence-corrected chi connectivity index (χ2v) is 8.62. The molecule has 0 N–H and O–H groups in total. The van der Waals surface area contributed by atoms with Gasteiger partial charge in [0.15, 0.2) is 0 Å². The van der Waals surface area contributed by atoms with Gasteiger partial charge in [0.25, 0.3) is 5.91 Å². The predicted octanol–water partition coefficient (Wildman–Crippen LogP) is 4.63. The van der Waals surface area contributed by atoms with E-state index in [4.69, 9.17) is 16.3 Å². The Morgan fingerprint density at radius 3 is 2.40 bits per heavy atom. The Kier molecular flexibility index (Phi) is 5.23. The van der Waals surface area contributed by atoms with Crippen LogP contribution in [0.1, 0.15) is 15.9 Å². The van der Waals surface area contributed by atoms with Crippen LogP contribution in [-0.4, -0.2) is 61.1 Å². The van der Waals surface area contributed by atoms with E-state index in [0.29, 0.717) is 6.04 Å². The average Bonchev–Trinajstić information content (AvgIpc) is 2.73. The molecule has 0 atom stereocenters. The van der Waals surface area contributed by atoms with E-state index >= 15 is 0 Å². The molecule has 0 aliphatic carbocycles. The molecule has 2 aliphatic rings. The number of halogens is 1. The van der Waals surface area contributed by atoms with Gasteiger partial charge in [-0.2, -0.15) is 0 Å². The predicted molar refractivity (Wildman–Crippen MR) is 121 cm³/mol. The van der Waals surface area contributed by atoms with E-state index in [1.807, 2.05) is 41.3 Å². The van der Waals surface area contributed by atoms with Crippen LogP contribution in [0.4, 0.5) is 0 Å². The van der Waals surface area contributed by atoms with Gasteiger partial charge in [0, 0.05) is 42.3 Å². The molecule has 0 saturated carbocycles. The highest BCUT2D eigenvalue weighted by Gasteiger charge is 2.30. The molecule has 3 aromatic carbocycles. The van der Waals surface area contributed by atoms with Crippen LogP contribution in [0.2, 0.25) is 5.02 Å². The number of aryl methyl sites for hydroxylation is 1. The zero-order valence-electron chi connectivity index (χ0n) is 17.1. The summed E-state index contributed by atoms with van der Waals surface area (Å²) >= 11 is 6.52. The van der Waals surface area contributed by atoms with Crippen molar-refractivity contribution in [1.82, 2.24) is 9.80 Å². The molecule has 0 bridgehead atoms. The zero-order chi connectivity index (χ0) is 20.7. The maximum absolute atomic E-state index is 13.4. The van der Waals surface area contributed by atoms with Crippen molar-refractivity contribution < 1.29 is 9.53 Å². The molecule has 5 heteroatoms. The lowest BCUT2D eigenvalue weighted by Crippen LogP contribution is -2.57. The molecule has 3 aromatic rings. The number of ether oxygens (including phenoxy) is 1. The van der Waals surface area contributed by atoms with Gasteiger partial charge in [0.05, 0.1) is 19.3 Å². The number of amides is 1. The summed E-state index contributed by atoms with van der Waals surface area (Å²) in [5.74, 6) is 0.109. The third-order valence-electron chi connectivity index (χ3n) is 6.30. The topological polar surface area (TPSA) is 32.8 Å². The number of carbonyl (C=O) groups excluding carboxylic acids is 1. The molecule has 1 amide bonds. The summed E-state index contributed by atoms with van der Waals surface area (Å²) < 4.78 is 5.31. The van der Waals surface area contributed by atoms with Crippen LogP contribution in [0, 0.1) is 6.92 Å². The number of benzene rings is 3. The molecule has 154 valence electrons. The summed E-state index contributed by atoms with van der Waals surface area (Å²) in [6.45, 7) is 7.05. The molecule has 0 aromatic heterocycles. The number of hydrogen-bond donors (Lipinski definition) is 0. The van der Waals surface area contributed by atoms with Crippen molar-refractivity contribution in [2.45, 2.75) is 13.0 Å². The van der Waals surface area contributed by atoms with Gasteiger partial charge in [-0.15, -0.1) is 0 Å². The summed E-state index contributed by atoms with van der Waals surface area (Å²) in [5.41, 5.74) is 3.99. The number of hydrogen-bond acceptors (Lipinski definition) is 3. The zero-order valence-corrected chi connectivity index (χ0v) is 17.9. The van der Waals surface area contributed by atoms with Crippen LogP contribution >= 0.6 is 11.6 Å². The minimum absolute atomic E-state index is 0.109. The first-order valence-corrected chi connectivity index (χ1v) is 10.9. The van der Waals surface area contributed by atoms with Gasteiger partial charge in [-0.3, -0.25) is 9.69 Å². The van der Waals surface area contributed by atoms with E-state index in [0.717, 1.165) is 77.4 Å². The maximum atomic E-state index is 13.4. The maximum Gasteiger partial charge on any atom is 0.254 e. The lowest BCUT2D eigenvalue weighted by atomic mass is 9.94. The van der Waals surface area contributed by atoms with Crippen LogP contribution in [0.15, 0.2) is 54.6 Å². The van der Waals surface area contributed by atoms with Crippen molar-refractivity contribution in [3.63, 3.8) is 0 Å². The monoisotopic (exact) mass is 420 g/mol. The second kappa shape index (κ2) is 8.03. The Morgan fingerprint density at radius 1 is 0.933 bits per heavy atom. The standard InChI is InChI=1S/C25H25ClN2O2/c1-17-8-9-24(26)23(14-17)21-6-2-5-20-19(21)4-3-7-22(20)25(29)28-12-10-27(11-13-28)18-15-30-16-18/h2-9,14,18H,10-13,15-16H2,1H3. The van der Waals surface area contributed by atoms with Gasteiger partial charge in [-0.1, -0.05) is 53.6 Å². The van der Waals surface area contributed by atoms with Crippen LogP contribution in [-0.2, 0) is 4.74 Å². The minimum Gasteiger partial charge on any atom is -0.378 e. The smallest absolute Gasteiger partial charge is 0.254 e. The largest absolute Gasteiger partial charge is 0.378 e. The molecule has 30 heavy (non-hydrogen) atoms. The molecule has 5 rings (SSSR count). The highest BCUT2D eigenvalue weighted by molar-refractivity contribution is 6.33. The summed E-state index contributed by atoms with van der Waals surface area (Å²) in [5, 5.41) is 2.76. The van der Waals surface area contributed by atoms with E-state index in [9.17, 15) is 4.79 Å². The molecule has 2 heterocycles. The third kappa shape index (κ3) is 3.49. The Bertz CT molecular complexity index is 1100. The van der Waals surface area contributed by atoms with E-state index in [1.54, 1.807) is 0 Å². The molecular weight excluding hydrogens is 396 g/mol. The summed E-state index contributed by atoms with van der Waals surface area (Å²) in [4.78, 5) is 17.8. The molecule has 4 nitrogen and oxygen atoms in total. The Morgan fingerprint density at radius 2 is 1.67 bits per heavy atom. The summed E-state index contributed by atoms with van der Waals surface area (Å²) in [7, 11) is 0. The van der Waals surface area contributed by atoms with E-state index < -0.39 is 0 Å². The number of rotatable bonds is 3. The van der Waals surface area contributed by atoms with Gasteiger partial charge < -0.3 is 9.64 Å². The third-order valence-corrected chi connectivity index (χ3v) is 6.63. The van der Waals surface area contributed by atoms with Crippen LogP contribution < -0.4 is 0 Å². The normalized spacial score (nSPS) is 17.9. The molecule has 0 radical (unpaired) electrons. The van der Waals surface area contributed by atoms with Crippen LogP contribution in [0.5, 0.6) is 0 Å². The molecule has 0 spiro atoms. The molecule has 2 aliphatic heterocycles. The fraction of sp³-hybridized carbons (Fsp3) is 0.320. The average molecular weight is 421 g/mol. The van der Waals surface area contributed by atoms with E-state index in [-0.39, 0.29) is 5.91 Å². The highest BCUT2D eigenvalue weighted by Crippen LogP contribution is 2.35.